The van der Waals surface area contributed by atoms with E-state index in [1.165, 1.54) is 11.3 Å². The first kappa shape index (κ1) is 14.3. The molecule has 0 unspecified atom stereocenters. The van der Waals surface area contributed by atoms with Gasteiger partial charge in [0.05, 0.1) is 25.8 Å². The SMILES string of the molecule is O=C(OCc1nc2ccccc2s1)c1cccc(Cl)c1Cl. The van der Waals surface area contributed by atoms with Gasteiger partial charge < -0.3 is 4.74 Å². The van der Waals surface area contributed by atoms with Crippen LogP contribution in [0, 0.1) is 0 Å². The third-order valence-electron chi connectivity index (χ3n) is 2.84. The first-order chi connectivity index (χ1) is 10.1. The zero-order chi connectivity index (χ0) is 14.8. The van der Waals surface area contributed by atoms with Gasteiger partial charge in [-0.25, -0.2) is 9.78 Å². The molecular weight excluding hydrogens is 329 g/mol. The number of benzene rings is 2. The van der Waals surface area contributed by atoms with Crippen molar-refractivity contribution in [3.63, 3.8) is 0 Å². The van der Waals surface area contributed by atoms with Gasteiger partial charge >= 0.3 is 5.97 Å². The van der Waals surface area contributed by atoms with Crippen LogP contribution in [0.3, 0.4) is 0 Å². The van der Waals surface area contributed by atoms with Crippen molar-refractivity contribution in [3.05, 3.63) is 63.1 Å². The number of halogens is 2. The van der Waals surface area contributed by atoms with Gasteiger partial charge in [-0.1, -0.05) is 41.4 Å². The Balaban J connectivity index is 1.75. The molecule has 3 aromatic rings. The molecular formula is C15H9Cl2NO2S. The van der Waals surface area contributed by atoms with E-state index in [0.717, 1.165) is 15.2 Å². The fourth-order valence-corrected chi connectivity index (χ4v) is 3.11. The summed E-state index contributed by atoms with van der Waals surface area (Å²) in [4.78, 5) is 16.4. The van der Waals surface area contributed by atoms with Crippen molar-refractivity contribution in [2.75, 3.05) is 0 Å². The van der Waals surface area contributed by atoms with E-state index < -0.39 is 5.97 Å². The largest absolute Gasteiger partial charge is 0.455 e. The number of fused-ring (bicyclic) bond motifs is 1. The number of esters is 1. The summed E-state index contributed by atoms with van der Waals surface area (Å²) in [5, 5.41) is 1.27. The molecule has 0 fully saturated rings. The van der Waals surface area contributed by atoms with E-state index >= 15 is 0 Å². The van der Waals surface area contributed by atoms with Crippen molar-refractivity contribution < 1.29 is 9.53 Å². The summed E-state index contributed by atoms with van der Waals surface area (Å²) in [5.41, 5.74) is 1.15. The molecule has 0 saturated heterocycles. The quantitative estimate of drug-likeness (QED) is 0.634. The van der Waals surface area contributed by atoms with Gasteiger partial charge in [0.2, 0.25) is 0 Å². The third kappa shape index (κ3) is 3.02. The predicted molar refractivity (Wildman–Crippen MR) is 85.2 cm³/mol. The maximum atomic E-state index is 12.0. The molecule has 3 rings (SSSR count). The number of thiazole rings is 1. The summed E-state index contributed by atoms with van der Waals surface area (Å²) in [6, 6.07) is 12.6. The molecule has 106 valence electrons. The third-order valence-corrected chi connectivity index (χ3v) is 4.67. The highest BCUT2D eigenvalue weighted by molar-refractivity contribution is 7.18. The first-order valence-electron chi connectivity index (χ1n) is 6.11. The number of hydrogen-bond acceptors (Lipinski definition) is 4. The standard InChI is InChI=1S/C15H9Cl2NO2S/c16-10-5-3-4-9(14(10)17)15(19)20-8-13-18-11-6-1-2-7-12(11)21-13/h1-7H,8H2. The second-order valence-electron chi connectivity index (χ2n) is 4.25. The molecule has 1 aromatic heterocycles. The highest BCUT2D eigenvalue weighted by Gasteiger charge is 2.15. The molecule has 0 atom stereocenters. The van der Waals surface area contributed by atoms with Crippen LogP contribution in [0.2, 0.25) is 10.0 Å². The van der Waals surface area contributed by atoms with E-state index in [1.807, 2.05) is 24.3 Å². The summed E-state index contributed by atoms with van der Waals surface area (Å²) >= 11 is 13.4. The Bertz CT molecular complexity index is 783. The fourth-order valence-electron chi connectivity index (χ4n) is 1.85. The molecule has 1 heterocycles. The molecule has 0 aliphatic heterocycles. The van der Waals surface area contributed by atoms with Gasteiger partial charge in [-0.15, -0.1) is 11.3 Å². The van der Waals surface area contributed by atoms with Gasteiger partial charge in [0.15, 0.2) is 0 Å². The summed E-state index contributed by atoms with van der Waals surface area (Å²) in [5.74, 6) is -0.512. The van der Waals surface area contributed by atoms with Crippen LogP contribution in [0.25, 0.3) is 10.2 Å². The van der Waals surface area contributed by atoms with Gasteiger partial charge in [0, 0.05) is 0 Å². The van der Waals surface area contributed by atoms with Crippen LogP contribution in [-0.2, 0) is 11.3 Å². The molecule has 0 aliphatic carbocycles. The van der Waals surface area contributed by atoms with Crippen molar-refractivity contribution in [3.8, 4) is 0 Å². The Kier molecular flexibility index (Phi) is 4.10. The second kappa shape index (κ2) is 6.02. The normalized spacial score (nSPS) is 10.8. The number of hydrogen-bond donors (Lipinski definition) is 0. The van der Waals surface area contributed by atoms with E-state index in [1.54, 1.807) is 18.2 Å². The molecule has 2 aromatic carbocycles. The van der Waals surface area contributed by atoms with Gasteiger partial charge in [-0.2, -0.15) is 0 Å². The van der Waals surface area contributed by atoms with E-state index in [4.69, 9.17) is 27.9 Å². The lowest BCUT2D eigenvalue weighted by atomic mass is 10.2. The van der Waals surface area contributed by atoms with Gasteiger partial charge in [0.25, 0.3) is 0 Å². The number of nitrogens with zero attached hydrogens (tertiary/aromatic N) is 1. The lowest BCUT2D eigenvalue weighted by Crippen LogP contribution is -2.05. The molecule has 0 aliphatic rings. The summed E-state index contributed by atoms with van der Waals surface area (Å²) in [7, 11) is 0. The van der Waals surface area contributed by atoms with E-state index in [-0.39, 0.29) is 17.2 Å². The van der Waals surface area contributed by atoms with Crippen molar-refractivity contribution in [2.24, 2.45) is 0 Å². The zero-order valence-electron chi connectivity index (χ0n) is 10.7. The van der Waals surface area contributed by atoms with Crippen LogP contribution in [0.5, 0.6) is 0 Å². The number of ether oxygens (including phenoxy) is 1. The Morgan fingerprint density at radius 2 is 1.95 bits per heavy atom. The minimum absolute atomic E-state index is 0.112. The van der Waals surface area contributed by atoms with Crippen molar-refractivity contribution >= 4 is 50.7 Å². The summed E-state index contributed by atoms with van der Waals surface area (Å²) < 4.78 is 6.30. The fraction of sp³-hybridized carbons (Fsp3) is 0.0667. The average molecular weight is 338 g/mol. The van der Waals surface area contributed by atoms with Crippen molar-refractivity contribution in [1.82, 2.24) is 4.98 Å². The van der Waals surface area contributed by atoms with E-state index in [0.29, 0.717) is 5.02 Å². The smallest absolute Gasteiger partial charge is 0.340 e. The maximum Gasteiger partial charge on any atom is 0.340 e. The molecule has 0 amide bonds. The van der Waals surface area contributed by atoms with Crippen LogP contribution in [0.1, 0.15) is 15.4 Å². The molecule has 0 spiro atoms. The minimum Gasteiger partial charge on any atom is -0.455 e. The van der Waals surface area contributed by atoms with Crippen LogP contribution in [0.4, 0.5) is 0 Å². The molecule has 3 nitrogen and oxygen atoms in total. The van der Waals surface area contributed by atoms with Crippen molar-refractivity contribution in [2.45, 2.75) is 6.61 Å². The molecule has 0 saturated carbocycles. The van der Waals surface area contributed by atoms with Gasteiger partial charge in [-0.3, -0.25) is 0 Å². The highest BCUT2D eigenvalue weighted by Crippen LogP contribution is 2.27. The molecule has 0 N–H and O–H groups in total. The second-order valence-corrected chi connectivity index (χ2v) is 6.15. The highest BCUT2D eigenvalue weighted by atomic mass is 35.5. The number of rotatable bonds is 3. The topological polar surface area (TPSA) is 39.2 Å². The summed E-state index contributed by atoms with van der Waals surface area (Å²) in [6.45, 7) is 0.112. The summed E-state index contributed by atoms with van der Waals surface area (Å²) in [6.07, 6.45) is 0. The minimum atomic E-state index is -0.512. The van der Waals surface area contributed by atoms with Crippen LogP contribution in [0.15, 0.2) is 42.5 Å². The maximum absolute atomic E-state index is 12.0. The van der Waals surface area contributed by atoms with Crippen LogP contribution >= 0.6 is 34.5 Å². The number of para-hydroxylation sites is 1. The van der Waals surface area contributed by atoms with Gasteiger partial charge in [0.1, 0.15) is 11.6 Å². The van der Waals surface area contributed by atoms with E-state index in [9.17, 15) is 4.79 Å². The number of carbonyl (C=O) groups excluding carboxylic acids is 1. The lowest BCUT2D eigenvalue weighted by Gasteiger charge is -2.05. The Hall–Kier alpha value is -1.62. The Morgan fingerprint density at radius 1 is 1.14 bits per heavy atom. The molecule has 21 heavy (non-hydrogen) atoms. The monoisotopic (exact) mass is 337 g/mol. The lowest BCUT2D eigenvalue weighted by molar-refractivity contribution is 0.0473. The van der Waals surface area contributed by atoms with E-state index in [2.05, 4.69) is 4.98 Å². The van der Waals surface area contributed by atoms with Gasteiger partial charge in [-0.05, 0) is 24.3 Å². The molecule has 0 radical (unpaired) electrons. The predicted octanol–water partition coefficient (Wildman–Crippen LogP) is 4.96. The number of aromatic nitrogens is 1. The van der Waals surface area contributed by atoms with Crippen LogP contribution < -0.4 is 0 Å². The van der Waals surface area contributed by atoms with Crippen molar-refractivity contribution in [1.29, 1.82) is 0 Å². The zero-order valence-corrected chi connectivity index (χ0v) is 13.0. The average Bonchev–Trinajstić information content (AvgIpc) is 2.90. The molecule has 0 bridgehead atoms. The Morgan fingerprint density at radius 3 is 2.76 bits per heavy atom. The first-order valence-corrected chi connectivity index (χ1v) is 7.68. The number of carbonyl (C=O) groups is 1. The Labute approximate surface area is 135 Å². The molecule has 6 heteroatoms. The van der Waals surface area contributed by atoms with Crippen LogP contribution in [-0.4, -0.2) is 11.0 Å².